The average Bonchev–Trinajstić information content (AvgIpc) is 2.86. The molecule has 0 spiro atoms. The average molecular weight is 334 g/mol. The van der Waals surface area contributed by atoms with Crippen LogP contribution in [0.5, 0.6) is 5.75 Å². The van der Waals surface area contributed by atoms with Crippen molar-refractivity contribution in [3.8, 4) is 5.75 Å². The Kier molecular flexibility index (Phi) is 4.46. The summed E-state index contributed by atoms with van der Waals surface area (Å²) in [7, 11) is 0. The Morgan fingerprint density at radius 2 is 1.88 bits per heavy atom. The molecule has 0 unspecified atom stereocenters. The summed E-state index contributed by atoms with van der Waals surface area (Å²) in [5.74, 6) is -0.212. The fourth-order valence-corrected chi connectivity index (χ4v) is 2.76. The van der Waals surface area contributed by atoms with Gasteiger partial charge >= 0.3 is 6.36 Å². The van der Waals surface area contributed by atoms with Gasteiger partial charge in [-0.1, -0.05) is 25.5 Å². The summed E-state index contributed by atoms with van der Waals surface area (Å²) in [5, 5.41) is 1.07. The number of aryl methyl sites for hydroxylation is 1. The van der Waals surface area contributed by atoms with E-state index in [1.165, 1.54) is 17.8 Å². The third kappa shape index (κ3) is 3.69. The number of fused-ring (bicyclic) bond motifs is 1. The van der Waals surface area contributed by atoms with Gasteiger partial charge in [0.15, 0.2) is 0 Å². The molecule has 3 aromatic rings. The minimum absolute atomic E-state index is 0.212. The van der Waals surface area contributed by atoms with Crippen molar-refractivity contribution >= 4 is 11.0 Å². The Labute approximate surface area is 137 Å². The minimum atomic E-state index is -4.67. The van der Waals surface area contributed by atoms with Crippen LogP contribution in [0.25, 0.3) is 11.0 Å². The van der Waals surface area contributed by atoms with E-state index in [0.29, 0.717) is 6.54 Å². The molecule has 0 aliphatic rings. The van der Waals surface area contributed by atoms with Gasteiger partial charge in [0.2, 0.25) is 0 Å². The van der Waals surface area contributed by atoms with Crippen LogP contribution in [0.1, 0.15) is 24.6 Å². The largest absolute Gasteiger partial charge is 0.573 e. The fraction of sp³-hybridized carbons (Fsp3) is 0.278. The number of pyridine rings is 1. The highest BCUT2D eigenvalue weighted by atomic mass is 19.4. The summed E-state index contributed by atoms with van der Waals surface area (Å²) in [5.41, 5.74) is 2.95. The normalized spacial score (nSPS) is 11.8. The third-order valence-corrected chi connectivity index (χ3v) is 3.75. The molecule has 3 rings (SSSR count). The van der Waals surface area contributed by atoms with Crippen molar-refractivity contribution in [2.24, 2.45) is 0 Å². The topological polar surface area (TPSA) is 27.1 Å². The number of hydrogen-bond donors (Lipinski definition) is 0. The monoisotopic (exact) mass is 334 g/mol. The molecule has 126 valence electrons. The molecule has 0 radical (unpaired) electrons. The van der Waals surface area contributed by atoms with Crippen LogP contribution >= 0.6 is 0 Å². The molecule has 2 aromatic heterocycles. The SMILES string of the molecule is CCCc1cc2cccnc2n1Cc1ccc(OC(F)(F)F)cc1. The smallest absolute Gasteiger partial charge is 0.406 e. The van der Waals surface area contributed by atoms with E-state index < -0.39 is 6.36 Å². The zero-order valence-corrected chi connectivity index (χ0v) is 13.2. The van der Waals surface area contributed by atoms with Gasteiger partial charge in [-0.05, 0) is 42.3 Å². The zero-order valence-electron chi connectivity index (χ0n) is 13.2. The number of halogens is 3. The molecule has 0 saturated carbocycles. The molecule has 0 saturated heterocycles. The van der Waals surface area contributed by atoms with Crippen molar-refractivity contribution in [1.82, 2.24) is 9.55 Å². The second-order valence-corrected chi connectivity index (χ2v) is 5.58. The molecule has 2 heterocycles. The minimum Gasteiger partial charge on any atom is -0.406 e. The van der Waals surface area contributed by atoms with Crippen molar-refractivity contribution in [2.45, 2.75) is 32.7 Å². The Morgan fingerprint density at radius 1 is 1.12 bits per heavy atom. The van der Waals surface area contributed by atoms with Crippen LogP contribution in [0, 0.1) is 0 Å². The van der Waals surface area contributed by atoms with Gasteiger partial charge in [-0.2, -0.15) is 0 Å². The molecule has 6 heteroatoms. The highest BCUT2D eigenvalue weighted by molar-refractivity contribution is 5.77. The van der Waals surface area contributed by atoms with Crippen LogP contribution in [-0.2, 0) is 13.0 Å². The number of rotatable bonds is 5. The van der Waals surface area contributed by atoms with Gasteiger partial charge in [0.1, 0.15) is 11.4 Å². The molecule has 0 N–H and O–H groups in total. The van der Waals surface area contributed by atoms with E-state index in [1.54, 1.807) is 18.3 Å². The molecule has 3 nitrogen and oxygen atoms in total. The maximum absolute atomic E-state index is 12.2. The quantitative estimate of drug-likeness (QED) is 0.661. The number of hydrogen-bond acceptors (Lipinski definition) is 2. The van der Waals surface area contributed by atoms with Crippen LogP contribution in [-0.4, -0.2) is 15.9 Å². The lowest BCUT2D eigenvalue weighted by Crippen LogP contribution is -2.17. The van der Waals surface area contributed by atoms with E-state index in [1.807, 2.05) is 12.1 Å². The van der Waals surface area contributed by atoms with Crippen molar-refractivity contribution < 1.29 is 17.9 Å². The van der Waals surface area contributed by atoms with Gasteiger partial charge in [-0.3, -0.25) is 0 Å². The van der Waals surface area contributed by atoms with Crippen LogP contribution in [0.15, 0.2) is 48.7 Å². The zero-order chi connectivity index (χ0) is 17.2. The van der Waals surface area contributed by atoms with E-state index in [9.17, 15) is 13.2 Å². The molecule has 24 heavy (non-hydrogen) atoms. The summed E-state index contributed by atoms with van der Waals surface area (Å²) in [4.78, 5) is 4.44. The van der Waals surface area contributed by atoms with Crippen molar-refractivity contribution in [2.75, 3.05) is 0 Å². The first-order chi connectivity index (χ1) is 11.5. The molecule has 0 bridgehead atoms. The van der Waals surface area contributed by atoms with E-state index in [0.717, 1.165) is 29.4 Å². The lowest BCUT2D eigenvalue weighted by molar-refractivity contribution is -0.274. The highest BCUT2D eigenvalue weighted by Gasteiger charge is 2.30. The summed E-state index contributed by atoms with van der Waals surface area (Å²) in [6.45, 7) is 2.67. The molecular weight excluding hydrogens is 317 g/mol. The van der Waals surface area contributed by atoms with Gasteiger partial charge in [-0.15, -0.1) is 13.2 Å². The maximum Gasteiger partial charge on any atom is 0.573 e. The summed E-state index contributed by atoms with van der Waals surface area (Å²) < 4.78 is 42.7. The summed E-state index contributed by atoms with van der Waals surface area (Å²) in [6, 6.07) is 12.0. The first-order valence-electron chi connectivity index (χ1n) is 7.74. The van der Waals surface area contributed by atoms with Crippen molar-refractivity contribution in [1.29, 1.82) is 0 Å². The molecule has 1 aromatic carbocycles. The predicted molar refractivity (Wildman–Crippen MR) is 86.0 cm³/mol. The van der Waals surface area contributed by atoms with Crippen molar-refractivity contribution in [3.05, 3.63) is 59.9 Å². The van der Waals surface area contributed by atoms with E-state index >= 15 is 0 Å². The first-order valence-corrected chi connectivity index (χ1v) is 7.74. The fourth-order valence-electron chi connectivity index (χ4n) is 2.76. The van der Waals surface area contributed by atoms with Gasteiger partial charge < -0.3 is 9.30 Å². The van der Waals surface area contributed by atoms with E-state index in [2.05, 4.69) is 27.3 Å². The first kappa shape index (κ1) is 16.4. The van der Waals surface area contributed by atoms with Crippen molar-refractivity contribution in [3.63, 3.8) is 0 Å². The Bertz CT molecular complexity index is 822. The molecule has 0 atom stereocenters. The Balaban J connectivity index is 1.88. The number of aromatic nitrogens is 2. The van der Waals surface area contributed by atoms with Crippen LogP contribution in [0.3, 0.4) is 0 Å². The molecular formula is C18H17F3N2O. The standard InChI is InChI=1S/C18H17F3N2O/c1-2-4-15-11-14-5-3-10-22-17(14)23(15)12-13-6-8-16(9-7-13)24-18(19,20)21/h3,5-11H,2,4,12H2,1H3. The lowest BCUT2D eigenvalue weighted by atomic mass is 10.2. The molecule has 0 fully saturated rings. The maximum atomic E-state index is 12.2. The molecule has 0 aliphatic carbocycles. The second-order valence-electron chi connectivity index (χ2n) is 5.58. The van der Waals surface area contributed by atoms with Gasteiger partial charge in [0.25, 0.3) is 0 Å². The van der Waals surface area contributed by atoms with Gasteiger partial charge in [-0.25, -0.2) is 4.98 Å². The van der Waals surface area contributed by atoms with E-state index in [4.69, 9.17) is 0 Å². The Hall–Kier alpha value is -2.50. The number of alkyl halides is 3. The number of ether oxygens (including phenoxy) is 1. The summed E-state index contributed by atoms with van der Waals surface area (Å²) >= 11 is 0. The number of benzene rings is 1. The van der Waals surface area contributed by atoms with Gasteiger partial charge in [0, 0.05) is 23.8 Å². The van der Waals surface area contributed by atoms with Crippen LogP contribution < -0.4 is 4.74 Å². The summed E-state index contributed by atoms with van der Waals surface area (Å²) in [6.07, 6.45) is -0.995. The number of nitrogens with zero attached hydrogens (tertiary/aromatic N) is 2. The Morgan fingerprint density at radius 3 is 2.54 bits per heavy atom. The predicted octanol–water partition coefficient (Wildman–Crippen LogP) is 4.94. The molecule has 0 amide bonds. The van der Waals surface area contributed by atoms with Crippen LogP contribution in [0.4, 0.5) is 13.2 Å². The third-order valence-electron chi connectivity index (χ3n) is 3.75. The van der Waals surface area contributed by atoms with Gasteiger partial charge in [0.05, 0.1) is 0 Å². The second kappa shape index (κ2) is 6.55. The lowest BCUT2D eigenvalue weighted by Gasteiger charge is -2.12. The van der Waals surface area contributed by atoms with Crippen LogP contribution in [0.2, 0.25) is 0 Å². The van der Waals surface area contributed by atoms with E-state index in [-0.39, 0.29) is 5.75 Å². The molecule has 0 aliphatic heterocycles. The highest BCUT2D eigenvalue weighted by Crippen LogP contribution is 2.24.